The summed E-state index contributed by atoms with van der Waals surface area (Å²) in [7, 11) is 0. The fourth-order valence-electron chi connectivity index (χ4n) is 1.55. The van der Waals surface area contributed by atoms with Crippen molar-refractivity contribution in [3.63, 3.8) is 0 Å². The Labute approximate surface area is 85.3 Å². The third-order valence-corrected chi connectivity index (χ3v) is 2.25. The highest BCUT2D eigenvalue weighted by molar-refractivity contribution is 5.30. The zero-order valence-electron chi connectivity index (χ0n) is 9.15. The van der Waals surface area contributed by atoms with Crippen molar-refractivity contribution in [1.29, 1.82) is 0 Å². The molecule has 0 unspecified atom stereocenters. The minimum absolute atomic E-state index is 0.0794. The van der Waals surface area contributed by atoms with E-state index in [2.05, 4.69) is 12.2 Å². The molecule has 78 valence electrons. The van der Waals surface area contributed by atoms with Crippen LogP contribution in [0.2, 0.25) is 0 Å². The summed E-state index contributed by atoms with van der Waals surface area (Å²) >= 11 is 0. The van der Waals surface area contributed by atoms with Crippen LogP contribution in [0.4, 0.5) is 4.39 Å². The summed E-state index contributed by atoms with van der Waals surface area (Å²) in [5, 5.41) is 3.30. The molecule has 1 aromatic carbocycles. The fourth-order valence-corrected chi connectivity index (χ4v) is 1.55. The molecule has 0 spiro atoms. The normalized spacial score (nSPS) is 10.6. The van der Waals surface area contributed by atoms with Gasteiger partial charge in [-0.15, -0.1) is 0 Å². The van der Waals surface area contributed by atoms with Crippen molar-refractivity contribution in [2.45, 2.75) is 33.7 Å². The molecule has 0 saturated heterocycles. The minimum atomic E-state index is -0.0794. The van der Waals surface area contributed by atoms with E-state index in [1.54, 1.807) is 0 Å². The van der Waals surface area contributed by atoms with E-state index in [-0.39, 0.29) is 5.82 Å². The van der Waals surface area contributed by atoms with Gasteiger partial charge in [-0.25, -0.2) is 4.39 Å². The lowest BCUT2D eigenvalue weighted by Gasteiger charge is -2.07. The van der Waals surface area contributed by atoms with Gasteiger partial charge in [-0.1, -0.05) is 19.1 Å². The van der Waals surface area contributed by atoms with E-state index in [1.807, 2.05) is 26.0 Å². The number of benzene rings is 1. The molecule has 1 nitrogen and oxygen atoms in total. The number of rotatable bonds is 4. The molecule has 0 aliphatic heterocycles. The molecule has 1 rings (SSSR count). The van der Waals surface area contributed by atoms with Gasteiger partial charge in [-0.2, -0.15) is 0 Å². The predicted octanol–water partition coefficient (Wildman–Crippen LogP) is 2.94. The molecular weight excluding hydrogens is 177 g/mol. The summed E-state index contributed by atoms with van der Waals surface area (Å²) in [6.07, 6.45) is 1.12. The largest absolute Gasteiger partial charge is 0.313 e. The van der Waals surface area contributed by atoms with Gasteiger partial charge in [0.1, 0.15) is 5.82 Å². The molecule has 0 atom stereocenters. The minimum Gasteiger partial charge on any atom is -0.313 e. The standard InChI is InChI=1S/C12H18FN/c1-4-5-14-8-11-6-9(2)12(13)10(3)7-11/h6-7,14H,4-5,8H2,1-3H3. The first-order chi connectivity index (χ1) is 6.65. The number of nitrogens with one attached hydrogen (secondary N) is 1. The smallest absolute Gasteiger partial charge is 0.129 e. The van der Waals surface area contributed by atoms with Crippen molar-refractivity contribution in [2.24, 2.45) is 0 Å². The van der Waals surface area contributed by atoms with E-state index in [1.165, 1.54) is 0 Å². The van der Waals surface area contributed by atoms with E-state index >= 15 is 0 Å². The van der Waals surface area contributed by atoms with Gasteiger partial charge in [0, 0.05) is 6.54 Å². The summed E-state index contributed by atoms with van der Waals surface area (Å²) < 4.78 is 13.3. The highest BCUT2D eigenvalue weighted by Crippen LogP contribution is 2.14. The van der Waals surface area contributed by atoms with Crippen molar-refractivity contribution in [3.8, 4) is 0 Å². The van der Waals surface area contributed by atoms with Gasteiger partial charge in [0.2, 0.25) is 0 Å². The van der Waals surface area contributed by atoms with Gasteiger partial charge in [0.05, 0.1) is 0 Å². The van der Waals surface area contributed by atoms with Crippen LogP contribution in [0.3, 0.4) is 0 Å². The van der Waals surface area contributed by atoms with E-state index in [4.69, 9.17) is 0 Å². The van der Waals surface area contributed by atoms with Gasteiger partial charge < -0.3 is 5.32 Å². The Kier molecular flexibility index (Phi) is 4.08. The third-order valence-electron chi connectivity index (χ3n) is 2.25. The molecule has 0 amide bonds. The van der Waals surface area contributed by atoms with Crippen LogP contribution in [-0.2, 0) is 6.54 Å². The van der Waals surface area contributed by atoms with Crippen molar-refractivity contribution in [2.75, 3.05) is 6.54 Å². The van der Waals surface area contributed by atoms with Crippen LogP contribution in [0.15, 0.2) is 12.1 Å². The maximum Gasteiger partial charge on any atom is 0.129 e. The Hall–Kier alpha value is -0.890. The topological polar surface area (TPSA) is 12.0 Å². The molecule has 0 aliphatic rings. The summed E-state index contributed by atoms with van der Waals surface area (Å²) in [5.74, 6) is -0.0794. The lowest BCUT2D eigenvalue weighted by Crippen LogP contribution is -2.14. The van der Waals surface area contributed by atoms with Gasteiger partial charge in [-0.3, -0.25) is 0 Å². The van der Waals surface area contributed by atoms with Gasteiger partial charge in [0.15, 0.2) is 0 Å². The summed E-state index contributed by atoms with van der Waals surface area (Å²) in [6.45, 7) is 7.59. The van der Waals surface area contributed by atoms with Gasteiger partial charge in [-0.05, 0) is 43.5 Å². The van der Waals surface area contributed by atoms with E-state index in [9.17, 15) is 4.39 Å². The zero-order chi connectivity index (χ0) is 10.6. The Bertz CT molecular complexity index is 284. The molecule has 0 radical (unpaired) electrons. The fraction of sp³-hybridized carbons (Fsp3) is 0.500. The lowest BCUT2D eigenvalue weighted by atomic mass is 10.1. The average molecular weight is 195 g/mol. The Morgan fingerprint density at radius 3 is 2.29 bits per heavy atom. The van der Waals surface area contributed by atoms with E-state index in [0.717, 1.165) is 36.2 Å². The van der Waals surface area contributed by atoms with Crippen molar-refractivity contribution >= 4 is 0 Å². The molecule has 0 fully saturated rings. The maximum absolute atomic E-state index is 13.3. The Balaban J connectivity index is 2.69. The molecular formula is C12H18FN. The molecule has 0 aliphatic carbocycles. The molecule has 1 aromatic rings. The van der Waals surface area contributed by atoms with Crippen LogP contribution < -0.4 is 5.32 Å². The molecule has 2 heteroatoms. The van der Waals surface area contributed by atoms with Gasteiger partial charge >= 0.3 is 0 Å². The molecule has 1 N–H and O–H groups in total. The second-order valence-electron chi connectivity index (χ2n) is 3.72. The quantitative estimate of drug-likeness (QED) is 0.728. The zero-order valence-corrected chi connectivity index (χ0v) is 9.15. The molecule has 0 heterocycles. The van der Waals surface area contributed by atoms with Crippen LogP contribution in [0, 0.1) is 19.7 Å². The van der Waals surface area contributed by atoms with Crippen LogP contribution in [0.5, 0.6) is 0 Å². The van der Waals surface area contributed by atoms with Crippen LogP contribution in [0.1, 0.15) is 30.0 Å². The maximum atomic E-state index is 13.3. The number of hydrogen-bond donors (Lipinski definition) is 1. The molecule has 0 aromatic heterocycles. The number of halogens is 1. The lowest BCUT2D eigenvalue weighted by molar-refractivity contribution is 0.605. The van der Waals surface area contributed by atoms with Crippen molar-refractivity contribution in [3.05, 3.63) is 34.6 Å². The Morgan fingerprint density at radius 1 is 1.21 bits per heavy atom. The van der Waals surface area contributed by atoms with E-state index in [0.29, 0.717) is 0 Å². The predicted molar refractivity (Wildman–Crippen MR) is 57.9 cm³/mol. The Morgan fingerprint density at radius 2 is 1.79 bits per heavy atom. The molecule has 14 heavy (non-hydrogen) atoms. The first-order valence-corrected chi connectivity index (χ1v) is 5.11. The first kappa shape index (κ1) is 11.2. The van der Waals surface area contributed by atoms with Crippen LogP contribution >= 0.6 is 0 Å². The van der Waals surface area contributed by atoms with Crippen LogP contribution in [-0.4, -0.2) is 6.54 Å². The van der Waals surface area contributed by atoms with E-state index < -0.39 is 0 Å². The van der Waals surface area contributed by atoms with Crippen molar-refractivity contribution < 1.29 is 4.39 Å². The highest BCUT2D eigenvalue weighted by atomic mass is 19.1. The van der Waals surface area contributed by atoms with Crippen molar-refractivity contribution in [1.82, 2.24) is 5.32 Å². The summed E-state index contributed by atoms with van der Waals surface area (Å²) in [6, 6.07) is 3.82. The second kappa shape index (κ2) is 5.11. The average Bonchev–Trinajstić information content (AvgIpc) is 2.14. The van der Waals surface area contributed by atoms with Gasteiger partial charge in [0.25, 0.3) is 0 Å². The molecule has 0 bridgehead atoms. The number of aryl methyl sites for hydroxylation is 2. The summed E-state index contributed by atoms with van der Waals surface area (Å²) in [5.41, 5.74) is 2.63. The highest BCUT2D eigenvalue weighted by Gasteiger charge is 2.03. The monoisotopic (exact) mass is 195 g/mol. The molecule has 0 saturated carbocycles. The third kappa shape index (κ3) is 2.81. The SMILES string of the molecule is CCCNCc1cc(C)c(F)c(C)c1. The van der Waals surface area contributed by atoms with Crippen LogP contribution in [0.25, 0.3) is 0 Å². The second-order valence-corrected chi connectivity index (χ2v) is 3.72. The summed E-state index contributed by atoms with van der Waals surface area (Å²) in [4.78, 5) is 0. The number of hydrogen-bond acceptors (Lipinski definition) is 1. The first-order valence-electron chi connectivity index (χ1n) is 5.11.